The van der Waals surface area contributed by atoms with E-state index in [1.54, 1.807) is 6.07 Å². The Morgan fingerprint density at radius 2 is 1.80 bits per heavy atom. The number of hydrogen-bond donors (Lipinski definition) is 1. The van der Waals surface area contributed by atoms with Crippen molar-refractivity contribution in [3.05, 3.63) is 53.6 Å². The molecule has 1 atom stereocenters. The second-order valence-electron chi connectivity index (χ2n) is 7.11. The first kappa shape index (κ1) is 17.8. The molecule has 25 heavy (non-hydrogen) atoms. The Morgan fingerprint density at radius 1 is 1.08 bits per heavy atom. The van der Waals surface area contributed by atoms with Gasteiger partial charge in [-0.3, -0.25) is 4.72 Å². The van der Waals surface area contributed by atoms with Crippen molar-refractivity contribution in [1.29, 1.82) is 0 Å². The van der Waals surface area contributed by atoms with Gasteiger partial charge < -0.3 is 4.90 Å². The zero-order valence-electron chi connectivity index (χ0n) is 15.1. The number of anilines is 2. The number of aryl methyl sites for hydroxylation is 2. The molecule has 0 amide bonds. The first-order chi connectivity index (χ1) is 11.8. The molecule has 3 rings (SSSR count). The molecule has 1 N–H and O–H groups in total. The quantitative estimate of drug-likeness (QED) is 0.884. The summed E-state index contributed by atoms with van der Waals surface area (Å²) < 4.78 is 28.0. The summed E-state index contributed by atoms with van der Waals surface area (Å²) in [6, 6.07) is 13.1. The maximum Gasteiger partial charge on any atom is 0.262 e. The summed E-state index contributed by atoms with van der Waals surface area (Å²) >= 11 is 0. The van der Waals surface area contributed by atoms with Crippen molar-refractivity contribution in [1.82, 2.24) is 0 Å². The molecule has 0 spiro atoms. The molecule has 1 saturated heterocycles. The Kier molecular flexibility index (Phi) is 5.04. The van der Waals surface area contributed by atoms with Gasteiger partial charge in [-0.2, -0.15) is 0 Å². The highest BCUT2D eigenvalue weighted by molar-refractivity contribution is 7.92. The topological polar surface area (TPSA) is 49.4 Å². The summed E-state index contributed by atoms with van der Waals surface area (Å²) in [6.07, 6.45) is 2.49. The van der Waals surface area contributed by atoms with Crippen LogP contribution < -0.4 is 9.62 Å². The summed E-state index contributed by atoms with van der Waals surface area (Å²) in [5.41, 5.74) is 3.55. The SMILES string of the molecule is Cc1ccc(S(=O)(=O)Nc2ccc(N3CCCC(C)C3)cc2)c(C)c1. The summed E-state index contributed by atoms with van der Waals surface area (Å²) in [6.45, 7) is 8.18. The fraction of sp³-hybridized carbons (Fsp3) is 0.400. The average molecular weight is 359 g/mol. The molecule has 0 saturated carbocycles. The van der Waals surface area contributed by atoms with Crippen LogP contribution in [0.25, 0.3) is 0 Å². The van der Waals surface area contributed by atoms with Gasteiger partial charge in [0.05, 0.1) is 4.90 Å². The van der Waals surface area contributed by atoms with Crippen LogP contribution in [-0.4, -0.2) is 21.5 Å². The minimum atomic E-state index is -3.57. The highest BCUT2D eigenvalue weighted by Crippen LogP contribution is 2.26. The van der Waals surface area contributed by atoms with Gasteiger partial charge >= 0.3 is 0 Å². The van der Waals surface area contributed by atoms with E-state index in [0.29, 0.717) is 16.5 Å². The fourth-order valence-electron chi connectivity index (χ4n) is 3.48. The normalized spacial score (nSPS) is 18.2. The van der Waals surface area contributed by atoms with E-state index in [1.165, 1.54) is 12.8 Å². The predicted molar refractivity (Wildman–Crippen MR) is 104 cm³/mol. The van der Waals surface area contributed by atoms with Crippen LogP contribution in [-0.2, 0) is 10.0 Å². The Hall–Kier alpha value is -2.01. The van der Waals surface area contributed by atoms with Crippen LogP contribution in [0.15, 0.2) is 47.4 Å². The van der Waals surface area contributed by atoms with E-state index in [2.05, 4.69) is 16.5 Å². The minimum Gasteiger partial charge on any atom is -0.371 e. The number of sulfonamides is 1. The number of piperidine rings is 1. The number of nitrogens with one attached hydrogen (secondary N) is 1. The van der Waals surface area contributed by atoms with E-state index in [4.69, 9.17) is 0 Å². The van der Waals surface area contributed by atoms with Crippen molar-refractivity contribution in [2.45, 2.75) is 38.5 Å². The largest absolute Gasteiger partial charge is 0.371 e. The van der Waals surface area contributed by atoms with Gasteiger partial charge in [0, 0.05) is 24.5 Å². The third-order valence-electron chi connectivity index (χ3n) is 4.76. The molecule has 1 aliphatic heterocycles. The Bertz CT molecular complexity index is 844. The number of hydrogen-bond acceptors (Lipinski definition) is 3. The van der Waals surface area contributed by atoms with Crippen LogP contribution in [0.1, 0.15) is 30.9 Å². The van der Waals surface area contributed by atoms with E-state index in [0.717, 1.165) is 29.9 Å². The standard InChI is InChI=1S/C20H26N2O2S/c1-15-6-11-20(17(3)13-15)25(23,24)21-18-7-9-19(10-8-18)22-12-4-5-16(2)14-22/h6-11,13,16,21H,4-5,12,14H2,1-3H3. The zero-order chi connectivity index (χ0) is 18.0. The van der Waals surface area contributed by atoms with Gasteiger partial charge in [0.15, 0.2) is 0 Å². The molecule has 1 fully saturated rings. The van der Waals surface area contributed by atoms with Crippen molar-refractivity contribution in [2.75, 3.05) is 22.7 Å². The van der Waals surface area contributed by atoms with Gasteiger partial charge in [-0.05, 0) is 68.5 Å². The molecule has 2 aromatic rings. The van der Waals surface area contributed by atoms with E-state index < -0.39 is 10.0 Å². The molecule has 0 aromatic heterocycles. The fourth-order valence-corrected chi connectivity index (χ4v) is 4.76. The second-order valence-corrected chi connectivity index (χ2v) is 8.77. The molecule has 2 aromatic carbocycles. The van der Waals surface area contributed by atoms with Gasteiger partial charge in [0.25, 0.3) is 10.0 Å². The van der Waals surface area contributed by atoms with Crippen LogP contribution in [0, 0.1) is 19.8 Å². The summed E-state index contributed by atoms with van der Waals surface area (Å²) in [4.78, 5) is 2.70. The monoisotopic (exact) mass is 358 g/mol. The predicted octanol–water partition coefficient (Wildman–Crippen LogP) is 4.34. The molecule has 0 radical (unpaired) electrons. The maximum absolute atomic E-state index is 12.6. The summed E-state index contributed by atoms with van der Waals surface area (Å²) in [7, 11) is -3.57. The van der Waals surface area contributed by atoms with Crippen LogP contribution in [0.3, 0.4) is 0 Å². The molecule has 0 aliphatic carbocycles. The van der Waals surface area contributed by atoms with Gasteiger partial charge in [-0.25, -0.2) is 8.42 Å². The van der Waals surface area contributed by atoms with Crippen LogP contribution in [0.2, 0.25) is 0 Å². The lowest BCUT2D eigenvalue weighted by atomic mass is 10.00. The molecule has 1 heterocycles. The molecule has 1 unspecified atom stereocenters. The van der Waals surface area contributed by atoms with Crippen LogP contribution >= 0.6 is 0 Å². The molecule has 134 valence electrons. The second kappa shape index (κ2) is 7.08. The smallest absolute Gasteiger partial charge is 0.262 e. The molecule has 4 nitrogen and oxygen atoms in total. The van der Waals surface area contributed by atoms with Crippen molar-refractivity contribution in [3.63, 3.8) is 0 Å². The maximum atomic E-state index is 12.6. The van der Waals surface area contributed by atoms with Crippen molar-refractivity contribution in [2.24, 2.45) is 5.92 Å². The van der Waals surface area contributed by atoms with Gasteiger partial charge in [0.1, 0.15) is 0 Å². The van der Waals surface area contributed by atoms with Crippen molar-refractivity contribution >= 4 is 21.4 Å². The van der Waals surface area contributed by atoms with Crippen molar-refractivity contribution < 1.29 is 8.42 Å². The van der Waals surface area contributed by atoms with E-state index >= 15 is 0 Å². The first-order valence-corrected chi connectivity index (χ1v) is 10.3. The average Bonchev–Trinajstić information content (AvgIpc) is 2.54. The molecule has 5 heteroatoms. The van der Waals surface area contributed by atoms with Crippen LogP contribution in [0.5, 0.6) is 0 Å². The van der Waals surface area contributed by atoms with Gasteiger partial charge in [0.2, 0.25) is 0 Å². The summed E-state index contributed by atoms with van der Waals surface area (Å²) in [5.74, 6) is 0.705. The third-order valence-corrected chi connectivity index (χ3v) is 6.30. The third kappa shape index (κ3) is 4.15. The Labute approximate surface area is 150 Å². The molecule has 0 bridgehead atoms. The number of benzene rings is 2. The van der Waals surface area contributed by atoms with E-state index in [1.807, 2.05) is 50.2 Å². The lowest BCUT2D eigenvalue weighted by Crippen LogP contribution is -2.34. The van der Waals surface area contributed by atoms with Gasteiger partial charge in [-0.15, -0.1) is 0 Å². The highest BCUT2D eigenvalue weighted by Gasteiger charge is 2.18. The molecular weight excluding hydrogens is 332 g/mol. The lowest BCUT2D eigenvalue weighted by molar-refractivity contribution is 0.447. The first-order valence-electron chi connectivity index (χ1n) is 8.80. The van der Waals surface area contributed by atoms with Gasteiger partial charge in [-0.1, -0.05) is 24.6 Å². The lowest BCUT2D eigenvalue weighted by Gasteiger charge is -2.32. The minimum absolute atomic E-state index is 0.326. The van der Waals surface area contributed by atoms with Crippen LogP contribution in [0.4, 0.5) is 11.4 Å². The molecular formula is C20H26N2O2S. The zero-order valence-corrected chi connectivity index (χ0v) is 15.9. The van der Waals surface area contributed by atoms with Crippen molar-refractivity contribution in [3.8, 4) is 0 Å². The number of rotatable bonds is 4. The van der Waals surface area contributed by atoms with E-state index in [9.17, 15) is 8.42 Å². The molecule has 1 aliphatic rings. The Balaban J connectivity index is 1.76. The van der Waals surface area contributed by atoms with E-state index in [-0.39, 0.29) is 0 Å². The highest BCUT2D eigenvalue weighted by atomic mass is 32.2. The Morgan fingerprint density at radius 3 is 2.44 bits per heavy atom. The number of nitrogens with zero attached hydrogens (tertiary/aromatic N) is 1. The summed E-state index contributed by atoms with van der Waals surface area (Å²) in [5, 5.41) is 0.